The molecule has 1 atom stereocenters. The highest BCUT2D eigenvalue weighted by Gasteiger charge is 2.29. The van der Waals surface area contributed by atoms with Crippen molar-refractivity contribution in [1.82, 2.24) is 4.40 Å². The molecule has 1 unspecified atom stereocenters. The first-order chi connectivity index (χ1) is 12.9. The van der Waals surface area contributed by atoms with Crippen LogP contribution in [0, 0.1) is 6.92 Å². The number of carboxylic acids is 1. The van der Waals surface area contributed by atoms with E-state index in [1.807, 2.05) is 38.1 Å². The molecule has 1 aliphatic rings. The monoisotopic (exact) mass is 362 g/mol. The lowest BCUT2D eigenvalue weighted by atomic mass is 9.95. The van der Waals surface area contributed by atoms with E-state index in [1.165, 1.54) is 4.40 Å². The van der Waals surface area contributed by atoms with E-state index in [0.29, 0.717) is 5.92 Å². The summed E-state index contributed by atoms with van der Waals surface area (Å²) in [4.78, 5) is 24.2. The molecule has 27 heavy (non-hydrogen) atoms. The van der Waals surface area contributed by atoms with Crippen molar-refractivity contribution in [3.05, 3.63) is 75.2 Å². The molecule has 3 aromatic rings. The van der Waals surface area contributed by atoms with E-state index in [9.17, 15) is 14.7 Å². The third-order valence-corrected chi connectivity index (χ3v) is 5.38. The Hall–Kier alpha value is -2.92. The fraction of sp³-hybridized carbons (Fsp3) is 0.273. The number of aromatic carboxylic acids is 1. The summed E-state index contributed by atoms with van der Waals surface area (Å²) in [6.45, 7) is 3.94. The minimum absolute atomic E-state index is 0.0616. The van der Waals surface area contributed by atoms with Crippen molar-refractivity contribution in [3.8, 4) is 11.1 Å². The van der Waals surface area contributed by atoms with E-state index < -0.39 is 11.5 Å². The molecule has 1 aliphatic carbocycles. The van der Waals surface area contributed by atoms with Gasteiger partial charge < -0.3 is 10.8 Å². The highest BCUT2D eigenvalue weighted by Crippen LogP contribution is 2.43. The van der Waals surface area contributed by atoms with Crippen LogP contribution in [0.4, 0.5) is 0 Å². The number of aryl methyl sites for hydroxylation is 1. The van der Waals surface area contributed by atoms with Crippen LogP contribution in [0.25, 0.3) is 16.6 Å². The van der Waals surface area contributed by atoms with E-state index in [1.54, 1.807) is 12.3 Å². The first-order valence-electron chi connectivity index (χ1n) is 9.16. The molecular weight excluding hydrogens is 340 g/mol. The van der Waals surface area contributed by atoms with Gasteiger partial charge in [-0.2, -0.15) is 0 Å². The van der Waals surface area contributed by atoms with Crippen LogP contribution in [-0.4, -0.2) is 15.5 Å². The van der Waals surface area contributed by atoms with E-state index in [2.05, 4.69) is 6.07 Å². The zero-order valence-electron chi connectivity index (χ0n) is 15.4. The van der Waals surface area contributed by atoms with Gasteiger partial charge in [-0.05, 0) is 78.6 Å². The summed E-state index contributed by atoms with van der Waals surface area (Å²) >= 11 is 0. The summed E-state index contributed by atoms with van der Waals surface area (Å²) in [5.74, 6) is -0.856. The summed E-state index contributed by atoms with van der Waals surface area (Å²) in [5.41, 5.74) is 11.3. The van der Waals surface area contributed by atoms with E-state index >= 15 is 0 Å². The van der Waals surface area contributed by atoms with Gasteiger partial charge in [-0.1, -0.05) is 18.2 Å². The van der Waals surface area contributed by atoms with Crippen molar-refractivity contribution >= 4 is 11.5 Å². The minimum atomic E-state index is -1.18. The number of carbonyl (C=O) groups is 1. The number of rotatable bonds is 4. The zero-order chi connectivity index (χ0) is 19.3. The second-order valence-electron chi connectivity index (χ2n) is 7.39. The molecule has 1 fully saturated rings. The highest BCUT2D eigenvalue weighted by atomic mass is 16.4. The Balaban J connectivity index is 2.01. The smallest absolute Gasteiger partial charge is 0.341 e. The summed E-state index contributed by atoms with van der Waals surface area (Å²) in [6.07, 6.45) is 3.74. The molecule has 0 aliphatic heterocycles. The first kappa shape index (κ1) is 17.5. The van der Waals surface area contributed by atoms with Crippen LogP contribution < -0.4 is 11.3 Å². The summed E-state index contributed by atoms with van der Waals surface area (Å²) < 4.78 is 1.49. The molecule has 1 aromatic carbocycles. The van der Waals surface area contributed by atoms with Gasteiger partial charge in [0.15, 0.2) is 0 Å². The molecule has 4 rings (SSSR count). The molecule has 3 N–H and O–H groups in total. The Morgan fingerprint density at radius 1 is 1.26 bits per heavy atom. The van der Waals surface area contributed by atoms with Crippen LogP contribution in [0.5, 0.6) is 0 Å². The molecule has 0 bridgehead atoms. The molecule has 5 nitrogen and oxygen atoms in total. The molecule has 0 spiro atoms. The van der Waals surface area contributed by atoms with Gasteiger partial charge in [0.25, 0.3) is 5.56 Å². The number of benzene rings is 1. The molecule has 0 amide bonds. The fourth-order valence-electron chi connectivity index (χ4n) is 3.76. The Morgan fingerprint density at radius 3 is 2.63 bits per heavy atom. The van der Waals surface area contributed by atoms with Crippen molar-refractivity contribution in [2.75, 3.05) is 0 Å². The van der Waals surface area contributed by atoms with Crippen LogP contribution in [-0.2, 0) is 0 Å². The number of aromatic nitrogens is 1. The van der Waals surface area contributed by atoms with Gasteiger partial charge in [-0.15, -0.1) is 0 Å². The maximum atomic E-state index is 12.7. The number of carboxylic acid groups (broad SMARTS) is 1. The fourth-order valence-corrected chi connectivity index (χ4v) is 3.76. The number of nitrogens with zero attached hydrogens (tertiary/aromatic N) is 1. The standard InChI is InChI=1S/C22H22N2O3/c1-12-17(16-5-3-4-15(10-16)13(2)23)8-9-24-20(12)18(14-6-7-14)11-19(21(24)25)22(26)27/h3-5,8-11,13-14H,6-7,23H2,1-2H3,(H,26,27). The number of nitrogens with two attached hydrogens (primary N) is 1. The normalized spacial score (nSPS) is 15.1. The Morgan fingerprint density at radius 2 is 2.00 bits per heavy atom. The van der Waals surface area contributed by atoms with Crippen molar-refractivity contribution in [3.63, 3.8) is 0 Å². The van der Waals surface area contributed by atoms with Crippen molar-refractivity contribution < 1.29 is 9.90 Å². The lowest BCUT2D eigenvalue weighted by molar-refractivity contribution is 0.0694. The van der Waals surface area contributed by atoms with Gasteiger partial charge in [-0.3, -0.25) is 9.20 Å². The van der Waals surface area contributed by atoms with Gasteiger partial charge >= 0.3 is 5.97 Å². The van der Waals surface area contributed by atoms with E-state index in [-0.39, 0.29) is 11.6 Å². The third-order valence-electron chi connectivity index (χ3n) is 5.38. The molecule has 2 heterocycles. The van der Waals surface area contributed by atoms with Gasteiger partial charge in [0, 0.05) is 12.2 Å². The lowest BCUT2D eigenvalue weighted by Gasteiger charge is -2.16. The van der Waals surface area contributed by atoms with Crippen LogP contribution in [0.3, 0.4) is 0 Å². The first-order valence-corrected chi connectivity index (χ1v) is 9.16. The largest absolute Gasteiger partial charge is 0.477 e. The number of hydrogen-bond donors (Lipinski definition) is 2. The second-order valence-corrected chi connectivity index (χ2v) is 7.39. The zero-order valence-corrected chi connectivity index (χ0v) is 15.4. The van der Waals surface area contributed by atoms with Crippen molar-refractivity contribution in [2.45, 2.75) is 38.6 Å². The topological polar surface area (TPSA) is 84.8 Å². The van der Waals surface area contributed by atoms with Crippen LogP contribution >= 0.6 is 0 Å². The SMILES string of the molecule is Cc1c(-c2cccc(C(C)N)c2)ccn2c(=O)c(C(=O)O)cc(C3CC3)c12. The maximum Gasteiger partial charge on any atom is 0.341 e. The quantitative estimate of drug-likeness (QED) is 0.738. The Bertz CT molecular complexity index is 1120. The average Bonchev–Trinajstić information content (AvgIpc) is 3.47. The van der Waals surface area contributed by atoms with Crippen LogP contribution in [0.1, 0.15) is 58.8 Å². The molecule has 2 aromatic heterocycles. The molecule has 138 valence electrons. The second kappa shape index (κ2) is 6.35. The van der Waals surface area contributed by atoms with E-state index in [4.69, 9.17) is 5.73 Å². The molecular formula is C22H22N2O3. The highest BCUT2D eigenvalue weighted by molar-refractivity contribution is 5.89. The number of pyridine rings is 2. The molecule has 0 radical (unpaired) electrons. The molecule has 5 heteroatoms. The van der Waals surface area contributed by atoms with Crippen LogP contribution in [0.2, 0.25) is 0 Å². The number of fused-ring (bicyclic) bond motifs is 1. The summed E-state index contributed by atoms with van der Waals surface area (Å²) in [5, 5.41) is 9.41. The maximum absolute atomic E-state index is 12.7. The van der Waals surface area contributed by atoms with E-state index in [0.717, 1.165) is 46.2 Å². The van der Waals surface area contributed by atoms with Gasteiger partial charge in [0.05, 0.1) is 5.52 Å². The third kappa shape index (κ3) is 2.94. The summed E-state index contributed by atoms with van der Waals surface area (Å²) in [6, 6.07) is 11.5. The minimum Gasteiger partial charge on any atom is -0.477 e. The van der Waals surface area contributed by atoms with Gasteiger partial charge in [0.2, 0.25) is 0 Å². The average molecular weight is 362 g/mol. The van der Waals surface area contributed by atoms with Crippen molar-refractivity contribution in [1.29, 1.82) is 0 Å². The van der Waals surface area contributed by atoms with Gasteiger partial charge in [-0.25, -0.2) is 4.79 Å². The summed E-state index contributed by atoms with van der Waals surface area (Å²) in [7, 11) is 0. The Kier molecular flexibility index (Phi) is 4.12. The number of hydrogen-bond acceptors (Lipinski definition) is 3. The van der Waals surface area contributed by atoms with Gasteiger partial charge in [0.1, 0.15) is 5.56 Å². The predicted octanol–water partition coefficient (Wildman–Crippen LogP) is 3.87. The predicted molar refractivity (Wildman–Crippen MR) is 105 cm³/mol. The molecule has 0 saturated heterocycles. The van der Waals surface area contributed by atoms with Crippen LogP contribution in [0.15, 0.2) is 47.4 Å². The molecule has 1 saturated carbocycles. The van der Waals surface area contributed by atoms with Crippen molar-refractivity contribution in [2.24, 2.45) is 5.73 Å². The Labute approximate surface area is 157 Å². The lowest BCUT2D eigenvalue weighted by Crippen LogP contribution is -2.23.